The van der Waals surface area contributed by atoms with Crippen LogP contribution in [-0.4, -0.2) is 62.3 Å². The van der Waals surface area contributed by atoms with Gasteiger partial charge in [0, 0.05) is 32.6 Å². The Morgan fingerprint density at radius 3 is 2.36 bits per heavy atom. The monoisotopic (exact) mass is 567 g/mol. The number of fused-ring (bicyclic) bond motifs is 1. The molecule has 0 radical (unpaired) electrons. The average molecular weight is 568 g/mol. The number of rotatable bonds is 11. The average Bonchev–Trinajstić information content (AvgIpc) is 3.61. The van der Waals surface area contributed by atoms with E-state index in [1.165, 1.54) is 0 Å². The fourth-order valence-corrected chi connectivity index (χ4v) is 5.44. The highest BCUT2D eigenvalue weighted by Gasteiger charge is 2.41. The molecule has 218 valence electrons. The molecule has 4 aromatic rings. The van der Waals surface area contributed by atoms with Crippen LogP contribution in [0.4, 0.5) is 0 Å². The van der Waals surface area contributed by atoms with Crippen molar-refractivity contribution < 1.29 is 14.4 Å². The number of benzene rings is 3. The van der Waals surface area contributed by atoms with Crippen LogP contribution in [-0.2, 0) is 40.8 Å². The smallest absolute Gasteiger partial charge is 0.243 e. The molecule has 42 heavy (non-hydrogen) atoms. The fraction of sp³-hybridized carbons (Fsp3) is 0.344. The predicted molar refractivity (Wildman–Crippen MR) is 160 cm³/mol. The zero-order valence-corrected chi connectivity index (χ0v) is 23.8. The topological polar surface area (TPSA) is 135 Å². The van der Waals surface area contributed by atoms with E-state index in [1.54, 1.807) is 9.58 Å². The molecule has 1 aliphatic heterocycles. The zero-order chi connectivity index (χ0) is 29.5. The molecule has 3 aromatic carbocycles. The number of nitrogens with zero attached hydrogens (tertiary/aromatic N) is 4. The Balaban J connectivity index is 1.23. The van der Waals surface area contributed by atoms with Gasteiger partial charge < -0.3 is 21.3 Å². The predicted octanol–water partition coefficient (Wildman–Crippen LogP) is 2.26. The molecule has 1 aromatic heterocycles. The summed E-state index contributed by atoms with van der Waals surface area (Å²) in [5.74, 6) is -0.671. The molecular weight excluding hydrogens is 530 g/mol. The molecule has 10 heteroatoms. The summed E-state index contributed by atoms with van der Waals surface area (Å²) in [7, 11) is 1.82. The SMILES string of the molecule is Cn1nnc2cc(CNC(=O)C3CC(NC(=O)CCc4ccccc4)CN3C(=O)C(N)CCc3ccccc3)ccc21. The van der Waals surface area contributed by atoms with Crippen molar-refractivity contribution in [3.63, 3.8) is 0 Å². The van der Waals surface area contributed by atoms with E-state index in [0.29, 0.717) is 32.1 Å². The Labute approximate surface area is 245 Å². The van der Waals surface area contributed by atoms with Gasteiger partial charge in [-0.3, -0.25) is 14.4 Å². The molecule has 3 unspecified atom stereocenters. The largest absolute Gasteiger partial charge is 0.351 e. The molecule has 0 bridgehead atoms. The first-order valence-corrected chi connectivity index (χ1v) is 14.4. The summed E-state index contributed by atoms with van der Waals surface area (Å²) in [5.41, 5.74) is 11.0. The van der Waals surface area contributed by atoms with Crippen LogP contribution in [0.2, 0.25) is 0 Å². The number of hydrogen-bond donors (Lipinski definition) is 3. The van der Waals surface area contributed by atoms with Crippen LogP contribution < -0.4 is 16.4 Å². The number of amides is 3. The Morgan fingerprint density at radius 1 is 0.952 bits per heavy atom. The molecule has 5 rings (SSSR count). The Morgan fingerprint density at radius 2 is 1.64 bits per heavy atom. The standard InChI is InChI=1S/C32H37N7O3/c1-38-28-16-13-24(18-27(28)36-37-38)20-34-31(41)29-19-25(35-30(40)17-14-23-10-6-3-7-11-23)21-39(29)32(42)26(33)15-12-22-8-4-2-5-9-22/h2-11,13,16,18,25-26,29H,12,14-15,17,19-21,33H2,1H3,(H,34,41)(H,35,40). The van der Waals surface area contributed by atoms with E-state index in [9.17, 15) is 14.4 Å². The van der Waals surface area contributed by atoms with E-state index in [1.807, 2.05) is 85.9 Å². The van der Waals surface area contributed by atoms with Crippen molar-refractivity contribution >= 4 is 28.8 Å². The summed E-state index contributed by atoms with van der Waals surface area (Å²) < 4.78 is 1.69. The summed E-state index contributed by atoms with van der Waals surface area (Å²) in [6.07, 6.45) is 2.38. The lowest BCUT2D eigenvalue weighted by Crippen LogP contribution is -2.51. The van der Waals surface area contributed by atoms with E-state index < -0.39 is 12.1 Å². The minimum Gasteiger partial charge on any atom is -0.351 e. The number of nitrogens with one attached hydrogen (secondary N) is 2. The maximum Gasteiger partial charge on any atom is 0.243 e. The number of nitrogens with two attached hydrogens (primary N) is 1. The molecule has 0 aliphatic carbocycles. The quantitative estimate of drug-likeness (QED) is 0.255. The van der Waals surface area contributed by atoms with Gasteiger partial charge in [0.05, 0.1) is 11.6 Å². The second-order valence-corrected chi connectivity index (χ2v) is 10.9. The van der Waals surface area contributed by atoms with Crippen molar-refractivity contribution in [2.24, 2.45) is 12.8 Å². The second kappa shape index (κ2) is 13.4. The summed E-state index contributed by atoms with van der Waals surface area (Å²) >= 11 is 0. The lowest BCUT2D eigenvalue weighted by molar-refractivity contribution is -0.139. The summed E-state index contributed by atoms with van der Waals surface area (Å²) in [6, 6.07) is 23.6. The summed E-state index contributed by atoms with van der Waals surface area (Å²) in [4.78, 5) is 41.3. The van der Waals surface area contributed by atoms with Crippen LogP contribution in [0.5, 0.6) is 0 Å². The molecule has 3 atom stereocenters. The number of aryl methyl sites for hydroxylation is 3. The molecule has 1 aliphatic rings. The third-order valence-electron chi connectivity index (χ3n) is 7.78. The summed E-state index contributed by atoms with van der Waals surface area (Å²) in [6.45, 7) is 0.511. The van der Waals surface area contributed by atoms with Crippen molar-refractivity contribution in [3.05, 3.63) is 95.6 Å². The van der Waals surface area contributed by atoms with Crippen LogP contribution in [0.3, 0.4) is 0 Å². The highest BCUT2D eigenvalue weighted by Crippen LogP contribution is 2.21. The van der Waals surface area contributed by atoms with E-state index in [0.717, 1.165) is 27.7 Å². The molecule has 0 spiro atoms. The van der Waals surface area contributed by atoms with Crippen LogP contribution in [0.25, 0.3) is 11.0 Å². The van der Waals surface area contributed by atoms with Crippen molar-refractivity contribution in [2.45, 2.75) is 56.8 Å². The molecule has 10 nitrogen and oxygen atoms in total. The highest BCUT2D eigenvalue weighted by atomic mass is 16.2. The number of carbonyl (C=O) groups excluding carboxylic acids is 3. The van der Waals surface area contributed by atoms with Gasteiger partial charge in [0.15, 0.2) is 0 Å². The first-order chi connectivity index (χ1) is 20.4. The molecule has 3 amide bonds. The molecule has 1 saturated heterocycles. The third kappa shape index (κ3) is 7.19. The molecule has 2 heterocycles. The minimum atomic E-state index is -0.757. The lowest BCUT2D eigenvalue weighted by atomic mass is 10.0. The van der Waals surface area contributed by atoms with Gasteiger partial charge in [0.25, 0.3) is 0 Å². The van der Waals surface area contributed by atoms with Gasteiger partial charge >= 0.3 is 0 Å². The first kappa shape index (κ1) is 28.9. The van der Waals surface area contributed by atoms with Crippen molar-refractivity contribution in [3.8, 4) is 0 Å². The number of hydrogen-bond acceptors (Lipinski definition) is 6. The summed E-state index contributed by atoms with van der Waals surface area (Å²) in [5, 5.41) is 14.2. The Bertz CT molecular complexity index is 1520. The van der Waals surface area contributed by atoms with Crippen molar-refractivity contribution in [1.82, 2.24) is 30.5 Å². The Hall–Kier alpha value is -4.57. The van der Waals surface area contributed by atoms with Crippen LogP contribution in [0.1, 0.15) is 36.0 Å². The van der Waals surface area contributed by atoms with Gasteiger partial charge in [-0.25, -0.2) is 4.68 Å². The molecular formula is C32H37N7O3. The number of aromatic nitrogens is 3. The van der Waals surface area contributed by atoms with Crippen LogP contribution in [0.15, 0.2) is 78.9 Å². The van der Waals surface area contributed by atoms with Crippen molar-refractivity contribution in [1.29, 1.82) is 0 Å². The number of carbonyl (C=O) groups is 3. The maximum absolute atomic E-state index is 13.5. The van der Waals surface area contributed by atoms with Gasteiger partial charge in [-0.15, -0.1) is 5.10 Å². The molecule has 1 fully saturated rings. The van der Waals surface area contributed by atoms with Gasteiger partial charge in [0.1, 0.15) is 11.6 Å². The lowest BCUT2D eigenvalue weighted by Gasteiger charge is -2.26. The fourth-order valence-electron chi connectivity index (χ4n) is 5.44. The number of likely N-dealkylation sites (tertiary alicyclic amines) is 1. The van der Waals surface area contributed by atoms with E-state index in [2.05, 4.69) is 20.9 Å². The van der Waals surface area contributed by atoms with Gasteiger partial charge in [-0.2, -0.15) is 0 Å². The minimum absolute atomic E-state index is 0.108. The van der Waals surface area contributed by atoms with Gasteiger partial charge in [-0.1, -0.05) is 71.9 Å². The molecule has 4 N–H and O–H groups in total. The van der Waals surface area contributed by atoms with E-state index in [-0.39, 0.29) is 36.9 Å². The van der Waals surface area contributed by atoms with Gasteiger partial charge in [-0.05, 0) is 54.5 Å². The third-order valence-corrected chi connectivity index (χ3v) is 7.78. The second-order valence-electron chi connectivity index (χ2n) is 10.9. The normalized spacial score (nSPS) is 17.2. The van der Waals surface area contributed by atoms with Gasteiger partial charge in [0.2, 0.25) is 17.7 Å². The first-order valence-electron chi connectivity index (χ1n) is 14.4. The van der Waals surface area contributed by atoms with Crippen LogP contribution in [0, 0.1) is 0 Å². The maximum atomic E-state index is 13.5. The Kier molecular flexibility index (Phi) is 9.23. The van der Waals surface area contributed by atoms with Crippen LogP contribution >= 0.6 is 0 Å². The zero-order valence-electron chi connectivity index (χ0n) is 23.8. The highest BCUT2D eigenvalue weighted by molar-refractivity contribution is 5.91. The van der Waals surface area contributed by atoms with E-state index in [4.69, 9.17) is 5.73 Å². The molecule has 0 saturated carbocycles. The van der Waals surface area contributed by atoms with E-state index >= 15 is 0 Å². The van der Waals surface area contributed by atoms with Crippen molar-refractivity contribution in [2.75, 3.05) is 6.54 Å².